The number of hydrogen-bond acceptors (Lipinski definition) is 4. The van der Waals surface area contributed by atoms with E-state index in [2.05, 4.69) is 15.4 Å². The average molecular weight is 405 g/mol. The van der Waals surface area contributed by atoms with Crippen LogP contribution in [-0.4, -0.2) is 26.3 Å². The van der Waals surface area contributed by atoms with E-state index in [1.54, 1.807) is 6.92 Å². The zero-order valence-electron chi connectivity index (χ0n) is 15.4. The molecule has 0 spiro atoms. The molecule has 1 aliphatic rings. The third-order valence-electron chi connectivity index (χ3n) is 4.20. The Bertz CT molecular complexity index is 1050. The normalized spacial score (nSPS) is 13.8. The Hall–Kier alpha value is -2.78. The summed E-state index contributed by atoms with van der Waals surface area (Å²) in [5.74, 6) is -1.67. The van der Waals surface area contributed by atoms with Crippen molar-refractivity contribution in [1.82, 2.24) is 4.72 Å². The zero-order chi connectivity index (χ0) is 20.5. The predicted molar refractivity (Wildman–Crippen MR) is 103 cm³/mol. The lowest BCUT2D eigenvalue weighted by Gasteiger charge is -2.12. The number of nitrogens with one attached hydrogen (secondary N) is 3. The molecule has 0 aromatic heterocycles. The molecule has 3 rings (SSSR count). The Morgan fingerprint density at radius 1 is 1.07 bits per heavy atom. The molecule has 2 amide bonds. The largest absolute Gasteiger partial charge is 0.326 e. The van der Waals surface area contributed by atoms with Crippen LogP contribution in [0.2, 0.25) is 0 Å². The summed E-state index contributed by atoms with van der Waals surface area (Å²) in [5, 5.41) is 4.94. The number of halogens is 1. The van der Waals surface area contributed by atoms with Crippen LogP contribution in [0.3, 0.4) is 0 Å². The summed E-state index contributed by atoms with van der Waals surface area (Å²) in [6.07, 6.45) is 1.59. The standard InChI is InChI=1S/C19H20FN3O4S/c1-11-3-7-15(28(26,27)23-13-4-5-13)10-16(11)19(25)22-18-9-14(21-12(2)24)6-8-17(18)20/h3,6-10,13,23H,4-5H2,1-2H3,(H,21,24)(H,22,25). The van der Waals surface area contributed by atoms with Crippen LogP contribution >= 0.6 is 0 Å². The molecule has 0 heterocycles. The minimum atomic E-state index is -3.72. The van der Waals surface area contributed by atoms with Crippen molar-refractivity contribution >= 4 is 33.2 Å². The molecule has 1 fully saturated rings. The predicted octanol–water partition coefficient (Wildman–Crippen LogP) is 2.79. The summed E-state index contributed by atoms with van der Waals surface area (Å²) < 4.78 is 41.4. The van der Waals surface area contributed by atoms with E-state index >= 15 is 0 Å². The summed E-state index contributed by atoms with van der Waals surface area (Å²) in [7, 11) is -3.72. The van der Waals surface area contributed by atoms with E-state index < -0.39 is 21.7 Å². The van der Waals surface area contributed by atoms with Gasteiger partial charge in [0, 0.05) is 24.2 Å². The third-order valence-corrected chi connectivity index (χ3v) is 5.72. The highest BCUT2D eigenvalue weighted by Crippen LogP contribution is 2.24. The van der Waals surface area contributed by atoms with Crippen molar-refractivity contribution in [2.75, 3.05) is 10.6 Å². The minimum Gasteiger partial charge on any atom is -0.326 e. The lowest BCUT2D eigenvalue weighted by atomic mass is 10.1. The van der Waals surface area contributed by atoms with E-state index in [4.69, 9.17) is 0 Å². The van der Waals surface area contributed by atoms with Gasteiger partial charge in [-0.25, -0.2) is 17.5 Å². The van der Waals surface area contributed by atoms with Gasteiger partial charge >= 0.3 is 0 Å². The lowest BCUT2D eigenvalue weighted by molar-refractivity contribution is -0.114. The first-order valence-electron chi connectivity index (χ1n) is 8.67. The molecule has 2 aromatic carbocycles. The van der Waals surface area contributed by atoms with Gasteiger partial charge in [0.2, 0.25) is 15.9 Å². The van der Waals surface area contributed by atoms with E-state index in [1.165, 1.54) is 37.3 Å². The summed E-state index contributed by atoms with van der Waals surface area (Å²) in [4.78, 5) is 23.8. The van der Waals surface area contributed by atoms with Crippen LogP contribution in [0.5, 0.6) is 0 Å². The van der Waals surface area contributed by atoms with Crippen molar-refractivity contribution in [2.24, 2.45) is 0 Å². The SMILES string of the molecule is CC(=O)Nc1ccc(F)c(NC(=O)c2cc(S(=O)(=O)NC3CC3)ccc2C)c1. The second kappa shape index (κ2) is 7.69. The molecule has 28 heavy (non-hydrogen) atoms. The molecule has 0 unspecified atom stereocenters. The monoisotopic (exact) mass is 405 g/mol. The molecule has 1 saturated carbocycles. The van der Waals surface area contributed by atoms with Gasteiger partial charge in [-0.05, 0) is 55.7 Å². The first kappa shape index (κ1) is 20.0. The molecule has 3 N–H and O–H groups in total. The second-order valence-corrected chi connectivity index (χ2v) is 8.42. The molecule has 0 saturated heterocycles. The maximum absolute atomic E-state index is 14.1. The molecule has 1 aliphatic carbocycles. The van der Waals surface area contributed by atoms with Gasteiger partial charge in [0.25, 0.3) is 5.91 Å². The van der Waals surface area contributed by atoms with Crippen molar-refractivity contribution < 1.29 is 22.4 Å². The number of carbonyl (C=O) groups is 2. The van der Waals surface area contributed by atoms with Crippen LogP contribution in [0.25, 0.3) is 0 Å². The number of hydrogen-bond donors (Lipinski definition) is 3. The van der Waals surface area contributed by atoms with Crippen molar-refractivity contribution in [3.63, 3.8) is 0 Å². The van der Waals surface area contributed by atoms with Crippen LogP contribution in [0.1, 0.15) is 35.7 Å². The Morgan fingerprint density at radius 3 is 2.43 bits per heavy atom. The van der Waals surface area contributed by atoms with E-state index in [9.17, 15) is 22.4 Å². The first-order chi connectivity index (χ1) is 13.2. The van der Waals surface area contributed by atoms with Crippen LogP contribution in [0.4, 0.5) is 15.8 Å². The number of aryl methyl sites for hydroxylation is 1. The number of carbonyl (C=O) groups excluding carboxylic acids is 2. The van der Waals surface area contributed by atoms with Gasteiger partial charge in [-0.15, -0.1) is 0 Å². The summed E-state index contributed by atoms with van der Waals surface area (Å²) in [6.45, 7) is 2.97. The zero-order valence-corrected chi connectivity index (χ0v) is 16.2. The van der Waals surface area contributed by atoms with Crippen molar-refractivity contribution in [3.8, 4) is 0 Å². The number of amides is 2. The van der Waals surface area contributed by atoms with Crippen LogP contribution < -0.4 is 15.4 Å². The Balaban J connectivity index is 1.86. The van der Waals surface area contributed by atoms with Gasteiger partial charge in [0.1, 0.15) is 5.82 Å². The molecule has 0 radical (unpaired) electrons. The molecule has 0 atom stereocenters. The quantitative estimate of drug-likeness (QED) is 0.687. The minimum absolute atomic E-state index is 0.0254. The number of anilines is 2. The molecule has 9 heteroatoms. The summed E-state index contributed by atoms with van der Waals surface area (Å²) in [6, 6.07) is 7.94. The molecule has 148 valence electrons. The first-order valence-corrected chi connectivity index (χ1v) is 10.2. The molecule has 7 nitrogen and oxygen atoms in total. The fraction of sp³-hybridized carbons (Fsp3) is 0.263. The average Bonchev–Trinajstić information content (AvgIpc) is 3.40. The molecular formula is C19H20FN3O4S. The van der Waals surface area contributed by atoms with Gasteiger partial charge in [-0.2, -0.15) is 0 Å². The van der Waals surface area contributed by atoms with Gasteiger partial charge < -0.3 is 10.6 Å². The molecule has 0 bridgehead atoms. The molecule has 2 aromatic rings. The second-order valence-electron chi connectivity index (χ2n) is 6.70. The third kappa shape index (κ3) is 4.73. The van der Waals surface area contributed by atoms with Crippen LogP contribution in [0, 0.1) is 12.7 Å². The van der Waals surface area contributed by atoms with Gasteiger partial charge in [0.05, 0.1) is 10.6 Å². The van der Waals surface area contributed by atoms with Gasteiger partial charge in [-0.3, -0.25) is 9.59 Å². The summed E-state index contributed by atoms with van der Waals surface area (Å²) in [5.41, 5.74) is 0.857. The fourth-order valence-electron chi connectivity index (χ4n) is 2.59. The highest BCUT2D eigenvalue weighted by atomic mass is 32.2. The number of sulfonamides is 1. The smallest absolute Gasteiger partial charge is 0.256 e. The highest BCUT2D eigenvalue weighted by Gasteiger charge is 2.28. The topological polar surface area (TPSA) is 104 Å². The Morgan fingerprint density at radius 2 is 1.79 bits per heavy atom. The van der Waals surface area contributed by atoms with Gasteiger partial charge in [0.15, 0.2) is 0 Å². The Kier molecular flexibility index (Phi) is 5.48. The highest BCUT2D eigenvalue weighted by molar-refractivity contribution is 7.89. The maximum atomic E-state index is 14.1. The number of benzene rings is 2. The summed E-state index contributed by atoms with van der Waals surface area (Å²) >= 11 is 0. The van der Waals surface area contributed by atoms with E-state index in [0.29, 0.717) is 11.3 Å². The van der Waals surface area contributed by atoms with Crippen LogP contribution in [-0.2, 0) is 14.8 Å². The van der Waals surface area contributed by atoms with Crippen molar-refractivity contribution in [3.05, 3.63) is 53.3 Å². The van der Waals surface area contributed by atoms with Crippen molar-refractivity contribution in [1.29, 1.82) is 0 Å². The lowest BCUT2D eigenvalue weighted by Crippen LogP contribution is -2.26. The molecule has 0 aliphatic heterocycles. The van der Waals surface area contributed by atoms with Crippen LogP contribution in [0.15, 0.2) is 41.3 Å². The van der Waals surface area contributed by atoms with Gasteiger partial charge in [-0.1, -0.05) is 6.07 Å². The maximum Gasteiger partial charge on any atom is 0.256 e. The van der Waals surface area contributed by atoms with E-state index in [1.807, 2.05) is 0 Å². The van der Waals surface area contributed by atoms with E-state index in [-0.39, 0.29) is 28.1 Å². The van der Waals surface area contributed by atoms with E-state index in [0.717, 1.165) is 18.9 Å². The molecular weight excluding hydrogens is 385 g/mol. The fourth-order valence-corrected chi connectivity index (χ4v) is 3.92. The number of rotatable bonds is 6. The van der Waals surface area contributed by atoms with Crippen molar-refractivity contribution in [2.45, 2.75) is 37.6 Å². The Labute approximate surface area is 162 Å².